The van der Waals surface area contributed by atoms with Crippen LogP contribution in [0.15, 0.2) is 39.8 Å². The van der Waals surface area contributed by atoms with Gasteiger partial charge < -0.3 is 28.5 Å². The number of nitrogens with zero attached hydrogens (tertiary/aromatic N) is 3. The van der Waals surface area contributed by atoms with E-state index >= 15 is 0 Å². The molecule has 1 saturated carbocycles. The molecule has 1 amide bonds. The molecule has 3 heterocycles. The van der Waals surface area contributed by atoms with Gasteiger partial charge in [0.05, 0.1) is 14.2 Å². The van der Waals surface area contributed by atoms with Gasteiger partial charge >= 0.3 is 0 Å². The third-order valence-corrected chi connectivity index (χ3v) is 10.3. The van der Waals surface area contributed by atoms with E-state index in [1.54, 1.807) is 4.90 Å². The molecular weight excluding hydrogens is 560 g/mol. The maximum Gasteiger partial charge on any atom is 0.270 e. The number of carbonyl (C=O) groups excluding carboxylic acids is 1. The number of nitrogens with one attached hydrogen (secondary N) is 1. The summed E-state index contributed by atoms with van der Waals surface area (Å²) in [5.74, 6) is 0.439. The van der Waals surface area contributed by atoms with Gasteiger partial charge in [-0.1, -0.05) is 11.2 Å². The highest BCUT2D eigenvalue weighted by Gasteiger charge is 2.51. The van der Waals surface area contributed by atoms with Crippen molar-refractivity contribution >= 4 is 27.4 Å². The van der Waals surface area contributed by atoms with Gasteiger partial charge in [0.2, 0.25) is 0 Å². The summed E-state index contributed by atoms with van der Waals surface area (Å²) in [6, 6.07) is 9.37. The molecular formula is C30H36N4O7S. The molecule has 2 aliphatic carbocycles. The predicted octanol–water partition coefficient (Wildman–Crippen LogP) is 4.41. The van der Waals surface area contributed by atoms with Crippen LogP contribution in [-0.4, -0.2) is 71.6 Å². The van der Waals surface area contributed by atoms with E-state index in [-0.39, 0.29) is 47.3 Å². The summed E-state index contributed by atoms with van der Waals surface area (Å²) in [7, 11) is -1.55. The summed E-state index contributed by atoms with van der Waals surface area (Å²) in [6.07, 6.45) is 5.56. The fourth-order valence-corrected chi connectivity index (χ4v) is 7.62. The Morgan fingerprint density at radius 2 is 1.81 bits per heavy atom. The monoisotopic (exact) mass is 596 g/mol. The number of carbonyl (C=O) groups is 1. The molecule has 7 rings (SSSR count). The number of methoxy groups -OCH3 is 2. The van der Waals surface area contributed by atoms with Crippen LogP contribution in [0.5, 0.6) is 11.5 Å². The Morgan fingerprint density at radius 3 is 2.48 bits per heavy atom. The zero-order valence-electron chi connectivity index (χ0n) is 23.8. The molecule has 0 bridgehead atoms. The van der Waals surface area contributed by atoms with Gasteiger partial charge in [0.25, 0.3) is 15.9 Å². The molecule has 0 atom stereocenters. The Bertz CT molecular complexity index is 1630. The molecule has 1 aromatic heterocycles. The molecule has 2 aliphatic heterocycles. The van der Waals surface area contributed by atoms with Gasteiger partial charge in [-0.2, -0.15) is 0 Å². The first kappa shape index (κ1) is 27.1. The molecule has 12 heteroatoms. The number of ether oxygens (including phenoxy) is 3. The van der Waals surface area contributed by atoms with Crippen molar-refractivity contribution in [1.29, 1.82) is 0 Å². The zero-order valence-corrected chi connectivity index (χ0v) is 24.6. The minimum absolute atomic E-state index is 0. The average molecular weight is 597 g/mol. The third kappa shape index (κ3) is 4.48. The van der Waals surface area contributed by atoms with Gasteiger partial charge in [-0.3, -0.25) is 9.52 Å². The van der Waals surface area contributed by atoms with Crippen LogP contribution in [0.25, 0.3) is 11.3 Å². The van der Waals surface area contributed by atoms with Gasteiger partial charge in [-0.25, -0.2) is 8.42 Å². The normalized spacial score (nSPS) is 18.9. The molecule has 42 heavy (non-hydrogen) atoms. The first-order valence-corrected chi connectivity index (χ1v) is 15.9. The Hall–Kier alpha value is -3.77. The Labute approximate surface area is 246 Å². The number of aromatic nitrogens is 1. The predicted molar refractivity (Wildman–Crippen MR) is 157 cm³/mol. The maximum absolute atomic E-state index is 13.9. The molecule has 3 aromatic rings. The minimum Gasteiger partial charge on any atom is -0.495 e. The number of amides is 1. The lowest BCUT2D eigenvalue weighted by atomic mass is 9.79. The molecule has 0 unspecified atom stereocenters. The number of hydrogen-bond donors (Lipinski definition) is 1. The van der Waals surface area contributed by atoms with Crippen molar-refractivity contribution < 1.29 is 33.4 Å². The lowest BCUT2D eigenvalue weighted by Gasteiger charge is -2.34. The van der Waals surface area contributed by atoms with Crippen molar-refractivity contribution in [2.75, 3.05) is 56.8 Å². The van der Waals surface area contributed by atoms with Crippen LogP contribution < -0.4 is 19.1 Å². The standard InChI is InChI=1S/C30H34N4O7S.H2/c1-38-24-14-19(29(35)34-10-3-4-13-40-18-34)15-25(39-2)27(24)42(36,37)32-28-22-17-30(8-9-30)23-7-6-20(33-11-5-12-33)16-21(23)26(22)41-31-28;/h6-7,14-16H,3-5,8-13,17-18H2,1-2H3,(H,31,32);1H. The molecule has 224 valence electrons. The average Bonchev–Trinajstić information content (AvgIpc) is 3.70. The number of hydrogen-bond acceptors (Lipinski definition) is 9. The van der Waals surface area contributed by atoms with Gasteiger partial charge in [0.1, 0.15) is 18.2 Å². The minimum atomic E-state index is -4.27. The van der Waals surface area contributed by atoms with Crippen molar-refractivity contribution in [1.82, 2.24) is 10.1 Å². The molecule has 1 N–H and O–H groups in total. The van der Waals surface area contributed by atoms with E-state index in [4.69, 9.17) is 18.7 Å². The summed E-state index contributed by atoms with van der Waals surface area (Å²) in [4.78, 5) is 17.0. The summed E-state index contributed by atoms with van der Waals surface area (Å²) in [5, 5.41) is 4.20. The van der Waals surface area contributed by atoms with Crippen molar-refractivity contribution in [3.8, 4) is 22.8 Å². The van der Waals surface area contributed by atoms with Crippen molar-refractivity contribution in [3.63, 3.8) is 0 Å². The highest BCUT2D eigenvalue weighted by atomic mass is 32.2. The van der Waals surface area contributed by atoms with Gasteiger partial charge in [0.15, 0.2) is 16.5 Å². The first-order chi connectivity index (χ1) is 20.3. The zero-order chi connectivity index (χ0) is 29.1. The molecule has 3 fully saturated rings. The fourth-order valence-electron chi connectivity index (χ4n) is 6.28. The smallest absolute Gasteiger partial charge is 0.270 e. The van der Waals surface area contributed by atoms with Gasteiger partial charge in [0, 0.05) is 55.5 Å². The Balaban J connectivity index is 0.00000329. The fraction of sp³-hybridized carbons (Fsp3) is 0.467. The Kier molecular flexibility index (Phi) is 6.58. The van der Waals surface area contributed by atoms with E-state index in [0.717, 1.165) is 55.6 Å². The Morgan fingerprint density at radius 1 is 1.05 bits per heavy atom. The van der Waals surface area contributed by atoms with Gasteiger partial charge in [-0.15, -0.1) is 0 Å². The second kappa shape index (κ2) is 10.2. The van der Waals surface area contributed by atoms with E-state index in [1.165, 1.54) is 38.3 Å². The van der Waals surface area contributed by atoms with Crippen molar-refractivity contribution in [2.45, 2.75) is 48.8 Å². The molecule has 0 radical (unpaired) electrons. The maximum atomic E-state index is 13.9. The summed E-state index contributed by atoms with van der Waals surface area (Å²) in [5.41, 5.74) is 4.32. The quantitative estimate of drug-likeness (QED) is 0.422. The van der Waals surface area contributed by atoms with Crippen LogP contribution in [0.3, 0.4) is 0 Å². The van der Waals surface area contributed by atoms with Crippen LogP contribution in [-0.2, 0) is 26.6 Å². The van der Waals surface area contributed by atoms with E-state index in [2.05, 4.69) is 33.0 Å². The lowest BCUT2D eigenvalue weighted by Crippen LogP contribution is -2.37. The number of anilines is 2. The largest absolute Gasteiger partial charge is 0.495 e. The van der Waals surface area contributed by atoms with Crippen LogP contribution in [0.2, 0.25) is 0 Å². The number of rotatable bonds is 7. The highest BCUT2D eigenvalue weighted by Crippen LogP contribution is 2.59. The number of sulfonamides is 1. The van der Waals surface area contributed by atoms with Crippen LogP contribution in [0.1, 0.15) is 55.0 Å². The molecule has 2 aromatic carbocycles. The SMILES string of the molecule is COc1cc(C(=O)N2CCCCOC2)cc(OC)c1S(=O)(=O)Nc1noc2c1CC1(CC1)c1ccc(N3CCC3)cc1-2.[HH]. The van der Waals surface area contributed by atoms with E-state index < -0.39 is 10.0 Å². The highest BCUT2D eigenvalue weighted by molar-refractivity contribution is 7.93. The number of fused-ring (bicyclic) bond motifs is 4. The second-order valence-corrected chi connectivity index (χ2v) is 13.1. The van der Waals surface area contributed by atoms with E-state index in [1.807, 2.05) is 0 Å². The van der Waals surface area contributed by atoms with Gasteiger partial charge in [-0.05, 0) is 68.4 Å². The van der Waals surface area contributed by atoms with Crippen molar-refractivity contribution in [3.05, 3.63) is 47.0 Å². The molecule has 1 spiro atoms. The topological polar surface area (TPSA) is 123 Å². The third-order valence-electron chi connectivity index (χ3n) is 8.91. The van der Waals surface area contributed by atoms with Crippen LogP contribution in [0, 0.1) is 0 Å². The molecule has 2 saturated heterocycles. The summed E-state index contributed by atoms with van der Waals surface area (Å²) >= 11 is 0. The van der Waals surface area contributed by atoms with E-state index in [9.17, 15) is 13.2 Å². The van der Waals surface area contributed by atoms with Crippen LogP contribution >= 0.6 is 0 Å². The van der Waals surface area contributed by atoms with Crippen LogP contribution in [0.4, 0.5) is 11.5 Å². The number of benzene rings is 2. The summed E-state index contributed by atoms with van der Waals surface area (Å²) in [6.45, 7) is 3.37. The second-order valence-electron chi connectivity index (χ2n) is 11.5. The van der Waals surface area contributed by atoms with Crippen molar-refractivity contribution in [2.24, 2.45) is 0 Å². The first-order valence-electron chi connectivity index (χ1n) is 14.4. The molecule has 4 aliphatic rings. The lowest BCUT2D eigenvalue weighted by molar-refractivity contribution is 0.0368. The van der Waals surface area contributed by atoms with E-state index in [0.29, 0.717) is 25.3 Å². The molecule has 11 nitrogen and oxygen atoms in total. The summed E-state index contributed by atoms with van der Waals surface area (Å²) < 4.78 is 52.8.